The van der Waals surface area contributed by atoms with Crippen LogP contribution in [0.1, 0.15) is 108 Å². The second-order valence-corrected chi connectivity index (χ2v) is 22.7. The fourth-order valence-corrected chi connectivity index (χ4v) is 6.96. The van der Waals surface area contributed by atoms with E-state index in [0.717, 1.165) is 34.1 Å². The van der Waals surface area contributed by atoms with Crippen LogP contribution in [0, 0.1) is 0 Å². The second-order valence-electron chi connectivity index (χ2n) is 20.5. The highest BCUT2D eigenvalue weighted by molar-refractivity contribution is 9.10. The number of imide groups is 2. The predicted molar refractivity (Wildman–Crippen MR) is 286 cm³/mol. The molecule has 0 aliphatic heterocycles. The van der Waals surface area contributed by atoms with E-state index >= 15 is 0 Å². The number of carbonyl (C=O) groups excluding carboxylic acids is 4. The molecule has 6 rings (SSSR count). The van der Waals surface area contributed by atoms with Crippen molar-refractivity contribution >= 4 is 83.8 Å². The molecule has 0 fully saturated rings. The van der Waals surface area contributed by atoms with Crippen LogP contribution in [-0.4, -0.2) is 83.1 Å². The van der Waals surface area contributed by atoms with Crippen LogP contribution in [0.4, 0.5) is 30.8 Å². The first kappa shape index (κ1) is 57.8. The molecule has 6 aromatic rings. The van der Waals surface area contributed by atoms with E-state index in [9.17, 15) is 19.2 Å². The first-order valence-corrected chi connectivity index (χ1v) is 25.6. The Balaban J connectivity index is 0.000000272. The van der Waals surface area contributed by atoms with E-state index in [2.05, 4.69) is 97.2 Å². The fourth-order valence-electron chi connectivity index (χ4n) is 6.03. The van der Waals surface area contributed by atoms with Crippen molar-refractivity contribution in [1.29, 1.82) is 0 Å². The molecule has 390 valence electrons. The van der Waals surface area contributed by atoms with Gasteiger partial charge in [0.2, 0.25) is 0 Å². The van der Waals surface area contributed by atoms with Gasteiger partial charge < -0.3 is 33.3 Å². The number of anilines is 2. The molecule has 0 bridgehead atoms. The maximum Gasteiger partial charge on any atom is 0.425 e. The Bertz CT molecular complexity index is 2820. The average molecular weight is 1200 g/mol. The normalized spacial score (nSPS) is 11.9. The number of carbonyl (C=O) groups is 4. The molecule has 4 aromatic heterocycles. The topological polar surface area (TPSA) is 227 Å². The molecule has 0 radical (unpaired) electrons. The lowest BCUT2D eigenvalue weighted by Gasteiger charge is -2.28. The van der Waals surface area contributed by atoms with Gasteiger partial charge in [0.05, 0.1) is 12.4 Å². The van der Waals surface area contributed by atoms with Gasteiger partial charge in [0.25, 0.3) is 0 Å². The summed E-state index contributed by atoms with van der Waals surface area (Å²) in [5.74, 6) is 0.167. The number of alkyl halides is 1. The van der Waals surface area contributed by atoms with Gasteiger partial charge in [0.1, 0.15) is 43.0 Å². The molecule has 1 N–H and O–H groups in total. The Kier molecular flexibility index (Phi) is 18.9. The summed E-state index contributed by atoms with van der Waals surface area (Å²) >= 11 is 10.0. The molecule has 0 saturated heterocycles. The molecule has 4 amide bonds. The molecule has 0 atom stereocenters. The summed E-state index contributed by atoms with van der Waals surface area (Å²) in [5, 5.41) is 12.4. The van der Waals surface area contributed by atoms with Crippen molar-refractivity contribution in [1.82, 2.24) is 35.6 Å². The summed E-state index contributed by atoms with van der Waals surface area (Å²) in [6, 6.07) is 19.4. The zero-order chi connectivity index (χ0) is 54.2. The van der Waals surface area contributed by atoms with Crippen LogP contribution < -0.4 is 15.1 Å². The molecular formula is C51H60Br3N9O10. The lowest BCUT2D eigenvalue weighted by Crippen LogP contribution is -2.44. The van der Waals surface area contributed by atoms with Crippen molar-refractivity contribution in [2.24, 2.45) is 0 Å². The number of rotatable bonds is 10. The molecule has 22 heteroatoms. The lowest BCUT2D eigenvalue weighted by atomic mass is 10.1. The Morgan fingerprint density at radius 3 is 1.19 bits per heavy atom. The van der Waals surface area contributed by atoms with Crippen molar-refractivity contribution in [2.75, 3.05) is 9.80 Å². The van der Waals surface area contributed by atoms with Crippen LogP contribution >= 0.6 is 47.8 Å². The standard InChI is InChI=1S/C27H34BrN5O5.C24H26Br2N4O5/c1-16(2)29-14-17-9-11-18(12-10-17)19-13-20(38-32-19)22-23(30-15-21(28)31-22)33(24(34)36-26(3,4)5)25(35)37-27(6,7)8;1-23(2,3)33-21(31)30(22(32)34-24(4,5)6)20-19(28-18(26)13-27-20)17-11-16(29-35-17)15-9-7-14(12-25)8-10-15/h9-13,15-16,29H,14H2,1-8H3;7-11,13H,12H2,1-6H3. The maximum absolute atomic E-state index is 13.2. The molecule has 0 saturated carbocycles. The first-order valence-electron chi connectivity index (χ1n) is 22.9. The largest absolute Gasteiger partial charge is 0.443 e. The third kappa shape index (κ3) is 17.2. The highest BCUT2D eigenvalue weighted by Crippen LogP contribution is 2.36. The van der Waals surface area contributed by atoms with Crippen LogP contribution in [0.5, 0.6) is 0 Å². The minimum Gasteiger partial charge on any atom is -0.443 e. The number of ether oxygens (including phenoxy) is 4. The SMILES string of the molecule is CC(C)(C)OC(=O)N(C(=O)OC(C)(C)C)c1ncc(Br)nc1-c1cc(-c2ccc(CBr)cc2)no1.CC(C)NCc1ccc(-c2cc(-c3nc(Br)cnc3N(C(=O)OC(C)(C)C)C(=O)OC(C)(C)C)on2)cc1. The number of hydrogen-bond donors (Lipinski definition) is 1. The minimum atomic E-state index is -0.963. The van der Waals surface area contributed by atoms with Gasteiger partial charge in [0, 0.05) is 41.2 Å². The van der Waals surface area contributed by atoms with Crippen molar-refractivity contribution in [3.63, 3.8) is 0 Å². The summed E-state index contributed by atoms with van der Waals surface area (Å²) in [6.07, 6.45) is -1.13. The summed E-state index contributed by atoms with van der Waals surface area (Å²) in [4.78, 5) is 71.5. The number of amides is 4. The van der Waals surface area contributed by atoms with E-state index in [1.165, 1.54) is 12.4 Å². The third-order valence-electron chi connectivity index (χ3n) is 9.03. The van der Waals surface area contributed by atoms with Gasteiger partial charge in [-0.2, -0.15) is 9.80 Å². The van der Waals surface area contributed by atoms with Crippen molar-refractivity contribution in [3.05, 3.63) is 93.4 Å². The van der Waals surface area contributed by atoms with Gasteiger partial charge in [-0.25, -0.2) is 39.1 Å². The highest BCUT2D eigenvalue weighted by atomic mass is 79.9. The summed E-state index contributed by atoms with van der Waals surface area (Å²) in [7, 11) is 0. The number of aromatic nitrogens is 6. The van der Waals surface area contributed by atoms with Gasteiger partial charge >= 0.3 is 24.4 Å². The Labute approximate surface area is 449 Å². The number of benzene rings is 2. The smallest absolute Gasteiger partial charge is 0.425 e. The summed E-state index contributed by atoms with van der Waals surface area (Å²) in [5.41, 5.74) is 1.71. The summed E-state index contributed by atoms with van der Waals surface area (Å²) < 4.78 is 33.8. The van der Waals surface area contributed by atoms with Crippen LogP contribution in [0.3, 0.4) is 0 Å². The number of hydrogen-bond acceptors (Lipinski definition) is 17. The van der Waals surface area contributed by atoms with E-state index in [1.807, 2.05) is 48.5 Å². The Hall–Kier alpha value is -6.10. The molecule has 73 heavy (non-hydrogen) atoms. The molecule has 0 aliphatic rings. The fraction of sp³-hybridized carbons (Fsp3) is 0.412. The van der Waals surface area contributed by atoms with E-state index in [1.54, 1.807) is 95.2 Å². The number of nitrogens with zero attached hydrogens (tertiary/aromatic N) is 8. The molecule has 19 nitrogen and oxygen atoms in total. The van der Waals surface area contributed by atoms with Crippen LogP contribution in [0.25, 0.3) is 45.4 Å². The highest BCUT2D eigenvalue weighted by Gasteiger charge is 2.38. The van der Waals surface area contributed by atoms with Gasteiger partial charge in [-0.05, 0) is 126 Å². The third-order valence-corrected chi connectivity index (χ3v) is 10.4. The maximum atomic E-state index is 13.2. The molecule has 0 unspecified atom stereocenters. The van der Waals surface area contributed by atoms with Gasteiger partial charge in [-0.1, -0.05) is 88.6 Å². The average Bonchev–Trinajstić information content (AvgIpc) is 3.97. The lowest BCUT2D eigenvalue weighted by molar-refractivity contribution is 0.0406. The number of nitrogens with one attached hydrogen (secondary N) is 1. The monoisotopic (exact) mass is 1200 g/mol. The molecule has 0 aliphatic carbocycles. The zero-order valence-corrected chi connectivity index (χ0v) is 48.0. The van der Waals surface area contributed by atoms with Crippen LogP contribution in [-0.2, 0) is 30.8 Å². The first-order chi connectivity index (χ1) is 33.9. The number of halogens is 3. The van der Waals surface area contributed by atoms with Gasteiger partial charge in [0.15, 0.2) is 34.5 Å². The van der Waals surface area contributed by atoms with Crippen molar-refractivity contribution < 1.29 is 47.2 Å². The quantitative estimate of drug-likeness (QED) is 0.0993. The van der Waals surface area contributed by atoms with Crippen LogP contribution in [0.15, 0.2) is 91.3 Å². The van der Waals surface area contributed by atoms with E-state index in [4.69, 9.17) is 28.0 Å². The van der Waals surface area contributed by atoms with Gasteiger partial charge in [-0.3, -0.25) is 0 Å². The van der Waals surface area contributed by atoms with Crippen molar-refractivity contribution in [2.45, 2.75) is 137 Å². The van der Waals surface area contributed by atoms with E-state index in [-0.39, 0.29) is 34.5 Å². The van der Waals surface area contributed by atoms with Gasteiger partial charge in [-0.15, -0.1) is 0 Å². The molecule has 4 heterocycles. The predicted octanol–water partition coefficient (Wildman–Crippen LogP) is 13.9. The molecular weight excluding hydrogens is 1140 g/mol. The molecule has 0 spiro atoms. The van der Waals surface area contributed by atoms with Crippen LogP contribution in [0.2, 0.25) is 0 Å². The summed E-state index contributed by atoms with van der Waals surface area (Å²) in [6.45, 7) is 25.2. The van der Waals surface area contributed by atoms with E-state index in [0.29, 0.717) is 36.4 Å². The van der Waals surface area contributed by atoms with Crippen molar-refractivity contribution in [3.8, 4) is 45.4 Å². The zero-order valence-electron chi connectivity index (χ0n) is 43.2. The minimum absolute atomic E-state index is 0.104. The molecule has 2 aromatic carbocycles. The Morgan fingerprint density at radius 1 is 0.562 bits per heavy atom. The Morgan fingerprint density at radius 2 is 0.890 bits per heavy atom. The van der Waals surface area contributed by atoms with E-state index < -0.39 is 46.8 Å². The second kappa shape index (κ2) is 23.8.